The molecule has 2 aromatic heterocycles. The first-order valence-electron chi connectivity index (χ1n) is 4.64. The molecule has 4 nitrogen and oxygen atoms in total. The number of hydrogen-bond donors (Lipinski definition) is 1. The third kappa shape index (κ3) is 1.18. The van der Waals surface area contributed by atoms with Gasteiger partial charge in [0, 0.05) is 6.07 Å². The predicted octanol–water partition coefficient (Wildman–Crippen LogP) is 2.81. The highest BCUT2D eigenvalue weighted by atomic mass is 19.1. The molecule has 0 aliphatic heterocycles. The fourth-order valence-electron chi connectivity index (χ4n) is 1.61. The molecular weight excluding hydrogens is 211 g/mol. The van der Waals surface area contributed by atoms with E-state index in [1.54, 1.807) is 18.2 Å². The van der Waals surface area contributed by atoms with E-state index < -0.39 is 5.82 Å². The van der Waals surface area contributed by atoms with Crippen molar-refractivity contribution in [3.05, 3.63) is 36.3 Å². The number of nitrogen functional groups attached to an aromatic ring is 1. The standard InChI is InChI=1S/C11H7FN2O2/c12-11-6(9-5-10(13)14-16-9)1-2-8-7(11)3-4-15-8/h1-5H,(H2,13,14). The highest BCUT2D eigenvalue weighted by molar-refractivity contribution is 5.83. The van der Waals surface area contributed by atoms with Gasteiger partial charge < -0.3 is 14.7 Å². The number of rotatable bonds is 1. The number of hydrogen-bond acceptors (Lipinski definition) is 4. The Morgan fingerprint density at radius 1 is 1.25 bits per heavy atom. The van der Waals surface area contributed by atoms with Gasteiger partial charge >= 0.3 is 0 Å². The van der Waals surface area contributed by atoms with Crippen LogP contribution in [0.4, 0.5) is 10.2 Å². The van der Waals surface area contributed by atoms with Crippen molar-refractivity contribution in [2.24, 2.45) is 0 Å². The fourth-order valence-corrected chi connectivity index (χ4v) is 1.61. The van der Waals surface area contributed by atoms with Crippen LogP contribution in [0.1, 0.15) is 0 Å². The molecule has 0 bridgehead atoms. The lowest BCUT2D eigenvalue weighted by Crippen LogP contribution is -1.83. The topological polar surface area (TPSA) is 65.2 Å². The molecule has 0 amide bonds. The second kappa shape index (κ2) is 3.10. The van der Waals surface area contributed by atoms with Crippen molar-refractivity contribution < 1.29 is 13.3 Å². The molecule has 16 heavy (non-hydrogen) atoms. The van der Waals surface area contributed by atoms with Crippen LogP contribution in [0.5, 0.6) is 0 Å². The van der Waals surface area contributed by atoms with Crippen molar-refractivity contribution in [2.45, 2.75) is 0 Å². The molecule has 0 saturated carbocycles. The van der Waals surface area contributed by atoms with E-state index in [1.807, 2.05) is 0 Å². The lowest BCUT2D eigenvalue weighted by atomic mass is 10.1. The normalized spacial score (nSPS) is 11.1. The molecule has 2 heterocycles. The molecule has 2 N–H and O–H groups in total. The number of benzene rings is 1. The Morgan fingerprint density at radius 2 is 2.12 bits per heavy atom. The van der Waals surface area contributed by atoms with E-state index >= 15 is 0 Å². The molecule has 5 heteroatoms. The Hall–Kier alpha value is -2.30. The molecule has 0 spiro atoms. The Kier molecular flexibility index (Phi) is 1.73. The summed E-state index contributed by atoms with van der Waals surface area (Å²) in [6, 6.07) is 6.28. The maximum atomic E-state index is 14.0. The first-order valence-corrected chi connectivity index (χ1v) is 4.64. The van der Waals surface area contributed by atoms with Gasteiger partial charge in [0.1, 0.15) is 11.4 Å². The van der Waals surface area contributed by atoms with Gasteiger partial charge in [0.15, 0.2) is 11.6 Å². The summed E-state index contributed by atoms with van der Waals surface area (Å²) in [7, 11) is 0. The van der Waals surface area contributed by atoms with Gasteiger partial charge in [-0.3, -0.25) is 0 Å². The van der Waals surface area contributed by atoms with Gasteiger partial charge in [-0.15, -0.1) is 0 Å². The van der Waals surface area contributed by atoms with Crippen molar-refractivity contribution in [1.29, 1.82) is 0 Å². The summed E-state index contributed by atoms with van der Waals surface area (Å²) < 4.78 is 24.0. The lowest BCUT2D eigenvalue weighted by molar-refractivity contribution is 0.433. The molecular formula is C11H7FN2O2. The minimum Gasteiger partial charge on any atom is -0.464 e. The summed E-state index contributed by atoms with van der Waals surface area (Å²) in [5.74, 6) is 0.127. The van der Waals surface area contributed by atoms with Crippen molar-refractivity contribution in [3.8, 4) is 11.3 Å². The monoisotopic (exact) mass is 218 g/mol. The molecule has 0 fully saturated rings. The summed E-state index contributed by atoms with van der Waals surface area (Å²) in [5.41, 5.74) is 6.22. The van der Waals surface area contributed by atoms with Crippen LogP contribution in [0.25, 0.3) is 22.3 Å². The van der Waals surface area contributed by atoms with E-state index in [0.29, 0.717) is 22.3 Å². The van der Waals surface area contributed by atoms with Gasteiger partial charge in [-0.25, -0.2) is 4.39 Å². The van der Waals surface area contributed by atoms with Gasteiger partial charge in [-0.2, -0.15) is 0 Å². The van der Waals surface area contributed by atoms with E-state index in [-0.39, 0.29) is 5.82 Å². The van der Waals surface area contributed by atoms with Gasteiger partial charge in [0.2, 0.25) is 0 Å². The SMILES string of the molecule is Nc1cc(-c2ccc3occc3c2F)on1. The molecule has 1 aromatic carbocycles. The Morgan fingerprint density at radius 3 is 2.88 bits per heavy atom. The zero-order valence-corrected chi connectivity index (χ0v) is 8.11. The van der Waals surface area contributed by atoms with E-state index in [4.69, 9.17) is 14.7 Å². The van der Waals surface area contributed by atoms with Crippen LogP contribution in [0.3, 0.4) is 0 Å². The number of aromatic nitrogens is 1. The number of furan rings is 1. The minimum absolute atomic E-state index is 0.224. The Labute approximate surface area is 89.4 Å². The number of nitrogens with zero attached hydrogens (tertiary/aromatic N) is 1. The number of halogens is 1. The number of nitrogens with two attached hydrogens (primary N) is 1. The first kappa shape index (κ1) is 8.96. The molecule has 0 saturated heterocycles. The second-order valence-corrected chi connectivity index (χ2v) is 3.38. The third-order valence-electron chi connectivity index (χ3n) is 2.36. The van der Waals surface area contributed by atoms with Crippen LogP contribution in [0.2, 0.25) is 0 Å². The van der Waals surface area contributed by atoms with E-state index in [9.17, 15) is 4.39 Å². The minimum atomic E-state index is -0.401. The van der Waals surface area contributed by atoms with Gasteiger partial charge in [0.25, 0.3) is 0 Å². The summed E-state index contributed by atoms with van der Waals surface area (Å²) in [4.78, 5) is 0. The summed E-state index contributed by atoms with van der Waals surface area (Å²) in [6.07, 6.45) is 1.44. The molecule has 3 aromatic rings. The van der Waals surface area contributed by atoms with Crippen LogP contribution in [-0.4, -0.2) is 5.16 Å². The number of anilines is 1. The maximum absolute atomic E-state index is 14.0. The third-order valence-corrected chi connectivity index (χ3v) is 2.36. The van der Waals surface area contributed by atoms with Gasteiger partial charge in [0.05, 0.1) is 17.2 Å². The van der Waals surface area contributed by atoms with E-state index in [0.717, 1.165) is 0 Å². The maximum Gasteiger partial charge on any atom is 0.172 e. The summed E-state index contributed by atoms with van der Waals surface area (Å²) in [6.45, 7) is 0. The average Bonchev–Trinajstić information content (AvgIpc) is 2.87. The quantitative estimate of drug-likeness (QED) is 0.682. The fraction of sp³-hybridized carbons (Fsp3) is 0. The van der Waals surface area contributed by atoms with Crippen molar-refractivity contribution in [3.63, 3.8) is 0 Å². The highest BCUT2D eigenvalue weighted by Gasteiger charge is 2.14. The summed E-state index contributed by atoms with van der Waals surface area (Å²) >= 11 is 0. The van der Waals surface area contributed by atoms with E-state index in [2.05, 4.69) is 5.16 Å². The molecule has 3 rings (SSSR count). The van der Waals surface area contributed by atoms with Crippen molar-refractivity contribution in [2.75, 3.05) is 5.73 Å². The lowest BCUT2D eigenvalue weighted by Gasteiger charge is -1.98. The predicted molar refractivity (Wildman–Crippen MR) is 56.1 cm³/mol. The van der Waals surface area contributed by atoms with Crippen molar-refractivity contribution >= 4 is 16.8 Å². The average molecular weight is 218 g/mol. The zero-order chi connectivity index (χ0) is 11.1. The second-order valence-electron chi connectivity index (χ2n) is 3.38. The van der Waals surface area contributed by atoms with Crippen molar-refractivity contribution in [1.82, 2.24) is 5.16 Å². The largest absolute Gasteiger partial charge is 0.464 e. The van der Waals surface area contributed by atoms with Gasteiger partial charge in [-0.1, -0.05) is 5.16 Å². The molecule has 0 aliphatic rings. The van der Waals surface area contributed by atoms with Crippen LogP contribution in [-0.2, 0) is 0 Å². The smallest absolute Gasteiger partial charge is 0.172 e. The molecule has 0 radical (unpaired) electrons. The zero-order valence-electron chi connectivity index (χ0n) is 8.11. The summed E-state index contributed by atoms with van der Waals surface area (Å²) in [5, 5.41) is 3.92. The Balaban J connectivity index is 2.27. The number of fused-ring (bicyclic) bond motifs is 1. The van der Waals surface area contributed by atoms with E-state index in [1.165, 1.54) is 12.3 Å². The molecule has 0 aliphatic carbocycles. The van der Waals surface area contributed by atoms with Crippen LogP contribution >= 0.6 is 0 Å². The van der Waals surface area contributed by atoms with Crippen LogP contribution < -0.4 is 5.73 Å². The highest BCUT2D eigenvalue weighted by Crippen LogP contribution is 2.30. The van der Waals surface area contributed by atoms with Gasteiger partial charge in [-0.05, 0) is 18.2 Å². The molecule has 80 valence electrons. The van der Waals surface area contributed by atoms with Crippen LogP contribution in [0.15, 0.2) is 39.5 Å². The van der Waals surface area contributed by atoms with Crippen LogP contribution in [0, 0.1) is 5.82 Å². The Bertz CT molecular complexity index is 657. The molecule has 0 atom stereocenters. The molecule has 0 unspecified atom stereocenters. The first-order chi connectivity index (χ1) is 7.75.